The Morgan fingerprint density at radius 2 is 1.77 bits per heavy atom. The summed E-state index contributed by atoms with van der Waals surface area (Å²) in [6.45, 7) is 0.465. The first-order valence-corrected chi connectivity index (χ1v) is 7.91. The van der Waals surface area contributed by atoms with Gasteiger partial charge >= 0.3 is 0 Å². The predicted molar refractivity (Wildman–Crippen MR) is 91.9 cm³/mol. The molecule has 2 aromatic rings. The van der Waals surface area contributed by atoms with E-state index < -0.39 is 0 Å². The van der Waals surface area contributed by atoms with Crippen LogP contribution in [-0.4, -0.2) is 15.1 Å². The van der Waals surface area contributed by atoms with Crippen molar-refractivity contribution in [1.82, 2.24) is 4.90 Å². The number of nitrogens with zero attached hydrogens (tertiary/aromatic N) is 1. The molecule has 1 amide bonds. The van der Waals surface area contributed by atoms with Crippen LogP contribution in [0, 0.1) is 5.82 Å². The Kier molecular flexibility index (Phi) is 4.36. The minimum Gasteiger partial charge on any atom is -0.288 e. The summed E-state index contributed by atoms with van der Waals surface area (Å²) in [7, 11) is 0. The highest BCUT2D eigenvalue weighted by atomic mass is 32.2. The maximum absolute atomic E-state index is 12.9. The van der Waals surface area contributed by atoms with Gasteiger partial charge < -0.3 is 0 Å². The highest BCUT2D eigenvalue weighted by Crippen LogP contribution is 2.34. The van der Waals surface area contributed by atoms with Crippen molar-refractivity contribution in [1.29, 1.82) is 0 Å². The van der Waals surface area contributed by atoms with Gasteiger partial charge in [0.1, 0.15) is 10.8 Å². The molecule has 0 N–H and O–H groups in total. The van der Waals surface area contributed by atoms with Crippen LogP contribution in [0.5, 0.6) is 0 Å². The molecule has 1 fully saturated rings. The molecular weight excluding hydrogens is 317 g/mol. The van der Waals surface area contributed by atoms with Crippen molar-refractivity contribution < 1.29 is 9.18 Å². The van der Waals surface area contributed by atoms with Crippen LogP contribution in [0.25, 0.3) is 6.08 Å². The summed E-state index contributed by atoms with van der Waals surface area (Å²) in [6, 6.07) is 15.8. The lowest BCUT2D eigenvalue weighted by Gasteiger charge is -2.14. The Hall–Kier alpha value is -1.98. The summed E-state index contributed by atoms with van der Waals surface area (Å²) in [6.07, 6.45) is 1.81. The topological polar surface area (TPSA) is 20.3 Å². The second-order valence-electron chi connectivity index (χ2n) is 4.81. The highest BCUT2D eigenvalue weighted by Gasteiger charge is 2.31. The molecule has 3 rings (SSSR count). The number of amides is 1. The molecule has 0 radical (unpaired) electrons. The summed E-state index contributed by atoms with van der Waals surface area (Å²) in [5.41, 5.74) is 1.85. The summed E-state index contributed by atoms with van der Waals surface area (Å²) in [5, 5.41) is -0.0813. The summed E-state index contributed by atoms with van der Waals surface area (Å²) in [4.78, 5) is 15.0. The van der Waals surface area contributed by atoms with Gasteiger partial charge in [-0.25, -0.2) is 4.39 Å². The third-order valence-corrected chi connectivity index (χ3v) is 4.72. The standard InChI is InChI=1S/C17H12FNOS2/c18-14-8-6-12(7-9-14)10-15-16(21)19(17(20)22-15)11-13-4-2-1-3-5-13/h1-10H,11H2/b15-10-. The number of halogens is 1. The zero-order valence-corrected chi connectivity index (χ0v) is 13.2. The summed E-state index contributed by atoms with van der Waals surface area (Å²) >= 11 is 6.52. The Balaban J connectivity index is 1.80. The normalized spacial score (nSPS) is 16.6. The lowest BCUT2D eigenvalue weighted by molar-refractivity contribution is 0.244. The smallest absolute Gasteiger partial charge is 0.288 e. The van der Waals surface area contributed by atoms with Gasteiger partial charge in [0.15, 0.2) is 0 Å². The van der Waals surface area contributed by atoms with Gasteiger partial charge in [-0.3, -0.25) is 9.69 Å². The SMILES string of the molecule is O=C1S/C(=C\c2ccc(F)cc2)C(=S)N1Cc1ccccc1. The summed E-state index contributed by atoms with van der Waals surface area (Å²) in [5.74, 6) is -0.286. The monoisotopic (exact) mass is 329 g/mol. The van der Waals surface area contributed by atoms with Crippen molar-refractivity contribution in [3.8, 4) is 0 Å². The van der Waals surface area contributed by atoms with Gasteiger partial charge in [0.25, 0.3) is 5.24 Å². The molecule has 2 nitrogen and oxygen atoms in total. The van der Waals surface area contributed by atoms with Gasteiger partial charge in [0, 0.05) is 0 Å². The van der Waals surface area contributed by atoms with Gasteiger partial charge in [0.2, 0.25) is 0 Å². The molecule has 0 bridgehead atoms. The molecule has 0 atom stereocenters. The molecule has 1 saturated heterocycles. The zero-order chi connectivity index (χ0) is 15.5. The third-order valence-electron chi connectivity index (χ3n) is 3.22. The van der Waals surface area contributed by atoms with E-state index in [9.17, 15) is 9.18 Å². The first-order chi connectivity index (χ1) is 10.6. The van der Waals surface area contributed by atoms with E-state index in [0.717, 1.165) is 27.8 Å². The molecular formula is C17H12FNOS2. The van der Waals surface area contributed by atoms with Crippen LogP contribution < -0.4 is 0 Å². The quantitative estimate of drug-likeness (QED) is 0.592. The van der Waals surface area contributed by atoms with Crippen molar-refractivity contribution in [3.63, 3.8) is 0 Å². The van der Waals surface area contributed by atoms with Crippen molar-refractivity contribution in [2.45, 2.75) is 6.54 Å². The van der Waals surface area contributed by atoms with Crippen LogP contribution >= 0.6 is 24.0 Å². The number of hydrogen-bond donors (Lipinski definition) is 0. The van der Waals surface area contributed by atoms with Crippen molar-refractivity contribution in [3.05, 3.63) is 76.4 Å². The lowest BCUT2D eigenvalue weighted by Crippen LogP contribution is -2.26. The Morgan fingerprint density at radius 3 is 2.45 bits per heavy atom. The average Bonchev–Trinajstić information content (AvgIpc) is 2.78. The molecule has 1 aliphatic heterocycles. The fourth-order valence-corrected chi connectivity index (χ4v) is 3.35. The van der Waals surface area contributed by atoms with Crippen LogP contribution in [0.2, 0.25) is 0 Å². The maximum atomic E-state index is 12.9. The van der Waals surface area contributed by atoms with E-state index in [0.29, 0.717) is 11.5 Å². The van der Waals surface area contributed by atoms with Crippen LogP contribution in [0.15, 0.2) is 59.5 Å². The fraction of sp³-hybridized carbons (Fsp3) is 0.0588. The van der Waals surface area contributed by atoms with Gasteiger partial charge in [-0.15, -0.1) is 0 Å². The number of hydrogen-bond acceptors (Lipinski definition) is 3. The second-order valence-corrected chi connectivity index (χ2v) is 6.18. The predicted octanol–water partition coefficient (Wildman–Crippen LogP) is 4.86. The first-order valence-electron chi connectivity index (χ1n) is 6.68. The minimum absolute atomic E-state index is 0.0813. The number of rotatable bonds is 3. The van der Waals surface area contributed by atoms with Gasteiger partial charge in [0.05, 0.1) is 11.4 Å². The second kappa shape index (κ2) is 6.42. The molecule has 1 heterocycles. The Bertz CT molecular complexity index is 741. The van der Waals surface area contributed by atoms with Crippen molar-refractivity contribution in [2.75, 3.05) is 0 Å². The van der Waals surface area contributed by atoms with E-state index in [2.05, 4.69) is 0 Å². The van der Waals surface area contributed by atoms with E-state index in [1.807, 2.05) is 36.4 Å². The molecule has 0 aliphatic carbocycles. The molecule has 2 aromatic carbocycles. The van der Waals surface area contributed by atoms with Crippen LogP contribution in [0.1, 0.15) is 11.1 Å². The summed E-state index contributed by atoms with van der Waals surface area (Å²) < 4.78 is 12.9. The number of thioether (sulfide) groups is 1. The Morgan fingerprint density at radius 1 is 1.09 bits per heavy atom. The van der Waals surface area contributed by atoms with E-state index in [-0.39, 0.29) is 11.1 Å². The minimum atomic E-state index is -0.286. The average molecular weight is 329 g/mol. The number of thiocarbonyl (C=S) groups is 1. The molecule has 5 heteroatoms. The van der Waals surface area contributed by atoms with Crippen LogP contribution in [0.4, 0.5) is 9.18 Å². The van der Waals surface area contributed by atoms with Gasteiger partial charge in [-0.1, -0.05) is 54.7 Å². The van der Waals surface area contributed by atoms with E-state index in [4.69, 9.17) is 12.2 Å². The number of carbonyl (C=O) groups is 1. The molecule has 0 saturated carbocycles. The molecule has 1 aliphatic rings. The fourth-order valence-electron chi connectivity index (χ4n) is 2.11. The largest absolute Gasteiger partial charge is 0.291 e. The van der Waals surface area contributed by atoms with E-state index in [1.165, 1.54) is 12.1 Å². The van der Waals surface area contributed by atoms with Crippen molar-refractivity contribution >= 4 is 40.3 Å². The number of benzene rings is 2. The molecule has 0 spiro atoms. The van der Waals surface area contributed by atoms with E-state index >= 15 is 0 Å². The Labute approximate surface area is 137 Å². The van der Waals surface area contributed by atoms with E-state index in [1.54, 1.807) is 17.0 Å². The lowest BCUT2D eigenvalue weighted by atomic mass is 10.2. The first kappa shape index (κ1) is 14.9. The van der Waals surface area contributed by atoms with Crippen LogP contribution in [0.3, 0.4) is 0 Å². The molecule has 110 valence electrons. The molecule has 0 unspecified atom stereocenters. The van der Waals surface area contributed by atoms with Crippen LogP contribution in [-0.2, 0) is 6.54 Å². The highest BCUT2D eigenvalue weighted by molar-refractivity contribution is 8.19. The zero-order valence-electron chi connectivity index (χ0n) is 11.5. The maximum Gasteiger partial charge on any atom is 0.291 e. The molecule has 0 aromatic heterocycles. The molecule has 22 heavy (non-hydrogen) atoms. The third kappa shape index (κ3) is 3.26. The van der Waals surface area contributed by atoms with Gasteiger partial charge in [-0.05, 0) is 41.1 Å². The number of carbonyl (C=O) groups excluding carboxylic acids is 1. The van der Waals surface area contributed by atoms with Gasteiger partial charge in [-0.2, -0.15) is 0 Å². The van der Waals surface area contributed by atoms with Crippen molar-refractivity contribution in [2.24, 2.45) is 0 Å².